The Morgan fingerprint density at radius 1 is 1.50 bits per heavy atom. The molecule has 1 saturated carbocycles. The summed E-state index contributed by atoms with van der Waals surface area (Å²) in [5, 5.41) is 16.6. The van der Waals surface area contributed by atoms with Gasteiger partial charge in [-0.05, 0) is 25.2 Å². The molecule has 1 aromatic rings. The van der Waals surface area contributed by atoms with Crippen molar-refractivity contribution in [3.63, 3.8) is 0 Å². The van der Waals surface area contributed by atoms with Crippen molar-refractivity contribution in [3.05, 3.63) is 11.1 Å². The van der Waals surface area contributed by atoms with Crippen molar-refractivity contribution in [1.29, 1.82) is 0 Å². The van der Waals surface area contributed by atoms with Crippen molar-refractivity contribution in [1.82, 2.24) is 10.3 Å². The number of rotatable bonds is 6. The second-order valence-corrected chi connectivity index (χ2v) is 6.33. The average molecular weight is 297 g/mol. The molecule has 2 amide bonds. The maximum absolute atomic E-state index is 11.8. The van der Waals surface area contributed by atoms with Gasteiger partial charge in [0.05, 0.1) is 5.69 Å². The lowest BCUT2D eigenvalue weighted by molar-refractivity contribution is -0.139. The number of carboxylic acids is 1. The lowest BCUT2D eigenvalue weighted by atomic mass is 10.0. The Morgan fingerprint density at radius 3 is 2.75 bits per heavy atom. The molecular formula is C13H19N3O3S. The molecule has 0 spiro atoms. The third kappa shape index (κ3) is 4.19. The first-order valence-electron chi connectivity index (χ1n) is 6.71. The van der Waals surface area contributed by atoms with Crippen LogP contribution in [0.25, 0.3) is 0 Å². The third-order valence-electron chi connectivity index (χ3n) is 3.05. The van der Waals surface area contributed by atoms with Gasteiger partial charge in [0.2, 0.25) is 0 Å². The number of carbonyl (C=O) groups is 2. The highest BCUT2D eigenvalue weighted by molar-refractivity contribution is 7.13. The number of hydrogen-bond acceptors (Lipinski definition) is 4. The summed E-state index contributed by atoms with van der Waals surface area (Å²) in [5.74, 6) is -0.290. The normalized spacial score (nSPS) is 15.9. The lowest BCUT2D eigenvalue weighted by Crippen LogP contribution is -2.43. The quantitative estimate of drug-likeness (QED) is 0.752. The van der Waals surface area contributed by atoms with Crippen molar-refractivity contribution in [2.75, 3.05) is 5.32 Å². The molecule has 1 aliphatic rings. The number of anilines is 1. The molecule has 3 N–H and O–H groups in total. The SMILES string of the molecule is CC(C)C[C@@H](NC(=O)Nc1nc(C2CC2)cs1)C(=O)O. The van der Waals surface area contributed by atoms with Gasteiger partial charge in [-0.15, -0.1) is 11.3 Å². The summed E-state index contributed by atoms with van der Waals surface area (Å²) in [7, 11) is 0. The summed E-state index contributed by atoms with van der Waals surface area (Å²) in [4.78, 5) is 27.2. The van der Waals surface area contributed by atoms with E-state index >= 15 is 0 Å². The molecule has 1 heterocycles. The van der Waals surface area contributed by atoms with Gasteiger partial charge in [0.25, 0.3) is 0 Å². The Morgan fingerprint density at radius 2 is 2.20 bits per heavy atom. The van der Waals surface area contributed by atoms with E-state index in [1.54, 1.807) is 0 Å². The lowest BCUT2D eigenvalue weighted by Gasteiger charge is -2.16. The molecule has 20 heavy (non-hydrogen) atoms. The third-order valence-corrected chi connectivity index (χ3v) is 3.82. The van der Waals surface area contributed by atoms with Gasteiger partial charge in [0.15, 0.2) is 5.13 Å². The first kappa shape index (κ1) is 14.8. The number of thiazole rings is 1. The number of carboxylic acid groups (broad SMARTS) is 1. The standard InChI is InChI=1S/C13H19N3O3S/c1-7(2)5-9(11(17)18)14-12(19)16-13-15-10(6-20-13)8-3-4-8/h6-9H,3-5H2,1-2H3,(H,17,18)(H2,14,15,16,19)/t9-/m1/s1. The average Bonchev–Trinajstić information content (AvgIpc) is 3.09. The van der Waals surface area contributed by atoms with Crippen LogP contribution in [0.5, 0.6) is 0 Å². The second-order valence-electron chi connectivity index (χ2n) is 5.47. The zero-order valence-corrected chi connectivity index (χ0v) is 12.4. The molecule has 0 radical (unpaired) electrons. The molecule has 0 aromatic carbocycles. The van der Waals surface area contributed by atoms with E-state index in [4.69, 9.17) is 5.11 Å². The number of carbonyl (C=O) groups excluding carboxylic acids is 1. The van der Waals surface area contributed by atoms with E-state index < -0.39 is 18.0 Å². The van der Waals surface area contributed by atoms with Gasteiger partial charge in [-0.3, -0.25) is 5.32 Å². The minimum Gasteiger partial charge on any atom is -0.480 e. The summed E-state index contributed by atoms with van der Waals surface area (Å²) in [6.07, 6.45) is 2.71. The van der Waals surface area contributed by atoms with Crippen molar-refractivity contribution in [2.24, 2.45) is 5.92 Å². The Bertz CT molecular complexity index is 497. The van der Waals surface area contributed by atoms with Crippen molar-refractivity contribution >= 4 is 28.5 Å². The van der Waals surface area contributed by atoms with Crippen LogP contribution in [-0.2, 0) is 4.79 Å². The fourth-order valence-corrected chi connectivity index (χ4v) is 2.68. The van der Waals surface area contributed by atoms with Gasteiger partial charge in [-0.25, -0.2) is 14.6 Å². The van der Waals surface area contributed by atoms with E-state index in [-0.39, 0.29) is 5.92 Å². The fraction of sp³-hybridized carbons (Fsp3) is 0.615. The minimum absolute atomic E-state index is 0.192. The predicted molar refractivity (Wildman–Crippen MR) is 77.1 cm³/mol. The Hall–Kier alpha value is -1.63. The van der Waals surface area contributed by atoms with Crippen LogP contribution in [0.4, 0.5) is 9.93 Å². The largest absolute Gasteiger partial charge is 0.480 e. The molecule has 2 rings (SSSR count). The van der Waals surface area contributed by atoms with Gasteiger partial charge in [-0.1, -0.05) is 13.8 Å². The van der Waals surface area contributed by atoms with E-state index in [2.05, 4.69) is 15.6 Å². The zero-order valence-electron chi connectivity index (χ0n) is 11.5. The van der Waals surface area contributed by atoms with Gasteiger partial charge >= 0.3 is 12.0 Å². The molecule has 1 atom stereocenters. The zero-order chi connectivity index (χ0) is 14.7. The van der Waals surface area contributed by atoms with Gasteiger partial charge < -0.3 is 10.4 Å². The minimum atomic E-state index is -1.02. The van der Waals surface area contributed by atoms with E-state index in [0.29, 0.717) is 17.5 Å². The molecule has 0 saturated heterocycles. The van der Waals surface area contributed by atoms with Crippen LogP contribution in [0, 0.1) is 5.92 Å². The summed E-state index contributed by atoms with van der Waals surface area (Å²) in [6, 6.07) is -1.40. The maximum atomic E-state index is 11.8. The molecule has 0 aliphatic heterocycles. The highest BCUT2D eigenvalue weighted by Gasteiger charge is 2.26. The van der Waals surface area contributed by atoms with Gasteiger partial charge in [0.1, 0.15) is 6.04 Å². The molecule has 1 aromatic heterocycles. The molecule has 0 bridgehead atoms. The highest BCUT2D eigenvalue weighted by atomic mass is 32.1. The molecule has 7 heteroatoms. The van der Waals surface area contributed by atoms with E-state index in [1.165, 1.54) is 11.3 Å². The number of nitrogens with zero attached hydrogens (tertiary/aromatic N) is 1. The van der Waals surface area contributed by atoms with Crippen LogP contribution in [0.1, 0.15) is 44.7 Å². The Labute approximate surface area is 121 Å². The summed E-state index contributed by atoms with van der Waals surface area (Å²) >= 11 is 1.37. The van der Waals surface area contributed by atoms with Crippen LogP contribution in [0.2, 0.25) is 0 Å². The second kappa shape index (κ2) is 6.21. The van der Waals surface area contributed by atoms with E-state index in [1.807, 2.05) is 19.2 Å². The molecule has 1 aliphatic carbocycles. The summed E-state index contributed by atoms with van der Waals surface area (Å²) in [5.41, 5.74) is 1.02. The van der Waals surface area contributed by atoms with Gasteiger partial charge in [-0.2, -0.15) is 0 Å². The van der Waals surface area contributed by atoms with Crippen molar-refractivity contribution in [3.8, 4) is 0 Å². The molecule has 1 fully saturated rings. The molecule has 6 nitrogen and oxygen atoms in total. The van der Waals surface area contributed by atoms with Crippen LogP contribution in [-0.4, -0.2) is 28.1 Å². The monoisotopic (exact) mass is 297 g/mol. The number of amides is 2. The molecule has 110 valence electrons. The Balaban J connectivity index is 1.87. The number of urea groups is 1. The molecular weight excluding hydrogens is 278 g/mol. The van der Waals surface area contributed by atoms with Crippen LogP contribution < -0.4 is 10.6 Å². The van der Waals surface area contributed by atoms with Crippen LogP contribution in [0.3, 0.4) is 0 Å². The maximum Gasteiger partial charge on any atom is 0.326 e. The number of hydrogen-bond donors (Lipinski definition) is 3. The summed E-state index contributed by atoms with van der Waals surface area (Å²) in [6.45, 7) is 3.83. The van der Waals surface area contributed by atoms with E-state index in [0.717, 1.165) is 18.5 Å². The van der Waals surface area contributed by atoms with E-state index in [9.17, 15) is 9.59 Å². The first-order valence-corrected chi connectivity index (χ1v) is 7.59. The molecule has 0 unspecified atom stereocenters. The Kier molecular flexibility index (Phi) is 4.59. The number of aromatic nitrogens is 1. The first-order chi connectivity index (χ1) is 9.45. The highest BCUT2D eigenvalue weighted by Crippen LogP contribution is 2.40. The summed E-state index contributed by atoms with van der Waals surface area (Å²) < 4.78 is 0. The predicted octanol–water partition coefficient (Wildman–Crippen LogP) is 2.64. The van der Waals surface area contributed by atoms with Crippen LogP contribution in [0.15, 0.2) is 5.38 Å². The van der Waals surface area contributed by atoms with Crippen LogP contribution >= 0.6 is 11.3 Å². The van der Waals surface area contributed by atoms with Crippen molar-refractivity contribution < 1.29 is 14.7 Å². The van der Waals surface area contributed by atoms with Gasteiger partial charge in [0, 0.05) is 11.3 Å². The fourth-order valence-electron chi connectivity index (χ4n) is 1.89. The number of nitrogens with one attached hydrogen (secondary N) is 2. The smallest absolute Gasteiger partial charge is 0.326 e. The number of aliphatic carboxylic acids is 1. The topological polar surface area (TPSA) is 91.3 Å². The van der Waals surface area contributed by atoms with Crippen molar-refractivity contribution in [2.45, 2.75) is 45.1 Å².